The molecule has 0 radical (unpaired) electrons. The molecule has 18 heavy (non-hydrogen) atoms. The van der Waals surface area contributed by atoms with Gasteiger partial charge in [-0.15, -0.1) is 0 Å². The number of carbonyl (C=O) groups excluding carboxylic acids is 2. The Kier molecular flexibility index (Phi) is 5.36. The van der Waals surface area contributed by atoms with Gasteiger partial charge in [0.2, 0.25) is 5.91 Å². The first-order valence-electron chi connectivity index (χ1n) is 5.92. The normalized spacial score (nSPS) is 9.94. The predicted molar refractivity (Wildman–Crippen MR) is 69.3 cm³/mol. The standard InChI is InChI=1S/C14H19NO3/c1-10-4-5-12(11(2)8-10)6-7-13(16)15-9-14(17)18-3/h4-5,8H,6-7,9H2,1-3H3,(H,15,16). The summed E-state index contributed by atoms with van der Waals surface area (Å²) >= 11 is 0. The number of ether oxygens (including phenoxy) is 1. The fraction of sp³-hybridized carbons (Fsp3) is 0.429. The fourth-order valence-corrected chi connectivity index (χ4v) is 1.71. The van der Waals surface area contributed by atoms with Crippen LogP contribution in [0.15, 0.2) is 18.2 Å². The molecule has 1 rings (SSSR count). The topological polar surface area (TPSA) is 55.4 Å². The van der Waals surface area contributed by atoms with E-state index in [0.29, 0.717) is 12.8 Å². The van der Waals surface area contributed by atoms with Gasteiger partial charge in [-0.3, -0.25) is 9.59 Å². The average molecular weight is 249 g/mol. The third-order valence-electron chi connectivity index (χ3n) is 2.78. The molecule has 1 N–H and O–H groups in total. The number of benzene rings is 1. The van der Waals surface area contributed by atoms with Crippen molar-refractivity contribution >= 4 is 11.9 Å². The van der Waals surface area contributed by atoms with Gasteiger partial charge in [0.15, 0.2) is 0 Å². The zero-order valence-electron chi connectivity index (χ0n) is 11.1. The zero-order chi connectivity index (χ0) is 13.5. The van der Waals surface area contributed by atoms with E-state index in [1.165, 1.54) is 18.2 Å². The minimum atomic E-state index is -0.435. The third-order valence-corrected chi connectivity index (χ3v) is 2.78. The Hall–Kier alpha value is -1.84. The summed E-state index contributed by atoms with van der Waals surface area (Å²) in [5.74, 6) is -0.574. The van der Waals surface area contributed by atoms with E-state index >= 15 is 0 Å². The molecule has 1 aromatic rings. The van der Waals surface area contributed by atoms with Crippen molar-refractivity contribution in [3.8, 4) is 0 Å². The van der Waals surface area contributed by atoms with Crippen molar-refractivity contribution in [2.75, 3.05) is 13.7 Å². The Labute approximate surface area is 107 Å². The first kappa shape index (κ1) is 14.2. The largest absolute Gasteiger partial charge is 0.468 e. The van der Waals surface area contributed by atoms with Gasteiger partial charge in [-0.1, -0.05) is 23.8 Å². The fourth-order valence-electron chi connectivity index (χ4n) is 1.71. The lowest BCUT2D eigenvalue weighted by Crippen LogP contribution is -2.30. The maximum absolute atomic E-state index is 11.5. The summed E-state index contributed by atoms with van der Waals surface area (Å²) in [7, 11) is 1.30. The molecule has 4 heteroatoms. The Morgan fingerprint density at radius 3 is 2.61 bits per heavy atom. The quantitative estimate of drug-likeness (QED) is 0.805. The molecule has 0 aliphatic rings. The van der Waals surface area contributed by atoms with Crippen LogP contribution in [0, 0.1) is 13.8 Å². The summed E-state index contributed by atoms with van der Waals surface area (Å²) in [5.41, 5.74) is 3.57. The van der Waals surface area contributed by atoms with Gasteiger partial charge in [0.1, 0.15) is 6.54 Å². The molecule has 1 amide bonds. The van der Waals surface area contributed by atoms with Crippen LogP contribution in [0.25, 0.3) is 0 Å². The number of carbonyl (C=O) groups is 2. The van der Waals surface area contributed by atoms with E-state index in [0.717, 1.165) is 5.56 Å². The SMILES string of the molecule is COC(=O)CNC(=O)CCc1ccc(C)cc1C. The Bertz CT molecular complexity index is 441. The number of rotatable bonds is 5. The summed E-state index contributed by atoms with van der Waals surface area (Å²) in [6, 6.07) is 6.18. The van der Waals surface area contributed by atoms with E-state index in [1.54, 1.807) is 0 Å². The van der Waals surface area contributed by atoms with Crippen LogP contribution < -0.4 is 5.32 Å². The molecule has 0 saturated heterocycles. The van der Waals surface area contributed by atoms with Gasteiger partial charge >= 0.3 is 5.97 Å². The van der Waals surface area contributed by atoms with E-state index in [2.05, 4.69) is 16.1 Å². The van der Waals surface area contributed by atoms with Crippen LogP contribution in [0.3, 0.4) is 0 Å². The van der Waals surface area contributed by atoms with Crippen molar-refractivity contribution < 1.29 is 14.3 Å². The van der Waals surface area contributed by atoms with E-state index in [-0.39, 0.29) is 12.5 Å². The van der Waals surface area contributed by atoms with Crippen molar-refractivity contribution in [3.05, 3.63) is 34.9 Å². The molecule has 0 aromatic heterocycles. The van der Waals surface area contributed by atoms with Crippen LogP contribution >= 0.6 is 0 Å². The molecule has 0 aliphatic carbocycles. The van der Waals surface area contributed by atoms with Gasteiger partial charge in [-0.05, 0) is 31.4 Å². The van der Waals surface area contributed by atoms with Gasteiger partial charge in [-0.25, -0.2) is 0 Å². The van der Waals surface area contributed by atoms with Gasteiger partial charge < -0.3 is 10.1 Å². The second-order valence-corrected chi connectivity index (χ2v) is 4.28. The maximum Gasteiger partial charge on any atom is 0.325 e. The van der Waals surface area contributed by atoms with Crippen molar-refractivity contribution in [2.45, 2.75) is 26.7 Å². The number of esters is 1. The summed E-state index contributed by atoms with van der Waals surface area (Å²) in [6.07, 6.45) is 1.06. The summed E-state index contributed by atoms with van der Waals surface area (Å²) in [4.78, 5) is 22.3. The lowest BCUT2D eigenvalue weighted by molar-refractivity contribution is -0.141. The molecule has 0 saturated carbocycles. The van der Waals surface area contributed by atoms with Crippen LogP contribution in [-0.2, 0) is 20.7 Å². The second-order valence-electron chi connectivity index (χ2n) is 4.28. The highest BCUT2D eigenvalue weighted by molar-refractivity contribution is 5.81. The highest BCUT2D eigenvalue weighted by atomic mass is 16.5. The van der Waals surface area contributed by atoms with Gasteiger partial charge in [0, 0.05) is 6.42 Å². The molecule has 0 atom stereocenters. The first-order valence-corrected chi connectivity index (χ1v) is 5.92. The van der Waals surface area contributed by atoms with Crippen molar-refractivity contribution in [1.82, 2.24) is 5.32 Å². The Balaban J connectivity index is 2.40. The number of hydrogen-bond donors (Lipinski definition) is 1. The van der Waals surface area contributed by atoms with Gasteiger partial charge in [0.25, 0.3) is 0 Å². The number of methoxy groups -OCH3 is 1. The number of aryl methyl sites for hydroxylation is 3. The average Bonchev–Trinajstić information content (AvgIpc) is 2.34. The lowest BCUT2D eigenvalue weighted by Gasteiger charge is -2.07. The molecule has 0 unspecified atom stereocenters. The summed E-state index contributed by atoms with van der Waals surface area (Å²) in [5, 5.41) is 2.52. The molecule has 0 aliphatic heterocycles. The highest BCUT2D eigenvalue weighted by Gasteiger charge is 2.06. The second kappa shape index (κ2) is 6.79. The molecular formula is C14H19NO3. The number of hydrogen-bond acceptors (Lipinski definition) is 3. The Morgan fingerprint density at radius 1 is 1.28 bits per heavy atom. The molecule has 98 valence electrons. The van der Waals surface area contributed by atoms with Gasteiger partial charge in [-0.2, -0.15) is 0 Å². The molecule has 0 bridgehead atoms. The van der Waals surface area contributed by atoms with E-state index in [1.807, 2.05) is 26.0 Å². The van der Waals surface area contributed by atoms with Crippen LogP contribution in [0.2, 0.25) is 0 Å². The van der Waals surface area contributed by atoms with Crippen molar-refractivity contribution in [2.24, 2.45) is 0 Å². The smallest absolute Gasteiger partial charge is 0.325 e. The lowest BCUT2D eigenvalue weighted by atomic mass is 10.0. The van der Waals surface area contributed by atoms with Crippen LogP contribution in [0.5, 0.6) is 0 Å². The summed E-state index contributed by atoms with van der Waals surface area (Å²) < 4.78 is 4.44. The van der Waals surface area contributed by atoms with Crippen molar-refractivity contribution in [3.63, 3.8) is 0 Å². The van der Waals surface area contributed by atoms with Crippen LogP contribution in [-0.4, -0.2) is 25.5 Å². The highest BCUT2D eigenvalue weighted by Crippen LogP contribution is 2.12. The van der Waals surface area contributed by atoms with Crippen LogP contribution in [0.1, 0.15) is 23.1 Å². The molecule has 0 heterocycles. The van der Waals surface area contributed by atoms with Crippen LogP contribution in [0.4, 0.5) is 0 Å². The Morgan fingerprint density at radius 2 is 2.00 bits per heavy atom. The molecule has 0 spiro atoms. The van der Waals surface area contributed by atoms with E-state index in [4.69, 9.17) is 0 Å². The summed E-state index contributed by atoms with van der Waals surface area (Å²) in [6.45, 7) is 4.01. The van der Waals surface area contributed by atoms with E-state index < -0.39 is 5.97 Å². The first-order chi connectivity index (χ1) is 8.52. The monoisotopic (exact) mass is 249 g/mol. The molecular weight excluding hydrogens is 230 g/mol. The molecule has 0 fully saturated rings. The molecule has 1 aromatic carbocycles. The number of amides is 1. The van der Waals surface area contributed by atoms with E-state index in [9.17, 15) is 9.59 Å². The third kappa shape index (κ3) is 4.57. The molecule has 4 nitrogen and oxygen atoms in total. The van der Waals surface area contributed by atoms with Gasteiger partial charge in [0.05, 0.1) is 7.11 Å². The minimum Gasteiger partial charge on any atom is -0.468 e. The predicted octanol–water partition coefficient (Wildman–Crippen LogP) is 1.53. The van der Waals surface area contributed by atoms with Crippen molar-refractivity contribution in [1.29, 1.82) is 0 Å². The number of nitrogens with one attached hydrogen (secondary N) is 1. The zero-order valence-corrected chi connectivity index (χ0v) is 11.1. The minimum absolute atomic E-state index is 0.0672. The maximum atomic E-state index is 11.5.